The first kappa shape index (κ1) is 16.4. The molecule has 0 saturated carbocycles. The van der Waals surface area contributed by atoms with Crippen molar-refractivity contribution in [1.29, 1.82) is 0 Å². The molecular weight excluding hydrogens is 284 g/mol. The average Bonchev–Trinajstić information content (AvgIpc) is 2.34. The fourth-order valence-electron chi connectivity index (χ4n) is 1.81. The number of nitrogen functional groups attached to an aromatic ring is 1. The number of carboxylic acids is 1. The predicted molar refractivity (Wildman–Crippen MR) is 73.9 cm³/mol. The second-order valence-corrected chi connectivity index (χ2v) is 6.35. The van der Waals surface area contributed by atoms with Gasteiger partial charge in [0.25, 0.3) is 0 Å². The number of aliphatic hydroxyl groups is 1. The lowest BCUT2D eigenvalue weighted by Crippen LogP contribution is -2.39. The van der Waals surface area contributed by atoms with E-state index in [1.165, 1.54) is 6.07 Å². The van der Waals surface area contributed by atoms with Crippen LogP contribution < -0.4 is 5.73 Å². The number of sulfonamides is 1. The lowest BCUT2D eigenvalue weighted by Gasteiger charge is -2.25. The Kier molecular flexibility index (Phi) is 5.09. The van der Waals surface area contributed by atoms with Crippen LogP contribution >= 0.6 is 0 Å². The molecule has 7 nitrogen and oxygen atoms in total. The van der Waals surface area contributed by atoms with Gasteiger partial charge in [-0.2, -0.15) is 4.31 Å². The molecule has 0 atom stereocenters. The number of hydrogen-bond acceptors (Lipinski definition) is 5. The summed E-state index contributed by atoms with van der Waals surface area (Å²) in [6.07, 6.45) is 0. The predicted octanol–water partition coefficient (Wildman–Crippen LogP) is 0.358. The van der Waals surface area contributed by atoms with Gasteiger partial charge in [0, 0.05) is 18.3 Å². The molecule has 1 aromatic carbocycles. The largest absolute Gasteiger partial charge is 0.478 e. The number of nitrogens with zero attached hydrogens (tertiary/aromatic N) is 1. The minimum absolute atomic E-state index is 0.117. The molecule has 0 spiro atoms. The fourth-order valence-corrected chi connectivity index (χ4v) is 3.66. The molecule has 0 aliphatic heterocycles. The van der Waals surface area contributed by atoms with Crippen LogP contribution in [0, 0.1) is 0 Å². The maximum absolute atomic E-state index is 12.5. The Morgan fingerprint density at radius 2 is 2.00 bits per heavy atom. The molecule has 0 fully saturated rings. The van der Waals surface area contributed by atoms with Gasteiger partial charge in [-0.25, -0.2) is 13.2 Å². The van der Waals surface area contributed by atoms with Gasteiger partial charge in [-0.05, 0) is 32.0 Å². The zero-order chi connectivity index (χ0) is 15.5. The molecule has 0 saturated heterocycles. The Labute approximate surface area is 117 Å². The summed E-state index contributed by atoms with van der Waals surface area (Å²) < 4.78 is 26.1. The molecule has 0 aromatic heterocycles. The lowest BCUT2D eigenvalue weighted by molar-refractivity contribution is 0.0692. The van der Waals surface area contributed by atoms with Crippen LogP contribution in [-0.2, 0) is 10.0 Å². The van der Waals surface area contributed by atoms with Crippen LogP contribution in [0.4, 0.5) is 5.69 Å². The minimum Gasteiger partial charge on any atom is -0.478 e. The van der Waals surface area contributed by atoms with Gasteiger partial charge in [0.1, 0.15) is 0 Å². The quantitative estimate of drug-likeness (QED) is 0.652. The Morgan fingerprint density at radius 3 is 2.45 bits per heavy atom. The molecule has 0 aliphatic rings. The highest BCUT2D eigenvalue weighted by atomic mass is 32.2. The Morgan fingerprint density at radius 1 is 1.40 bits per heavy atom. The molecule has 8 heteroatoms. The number of aliphatic hydroxyl groups excluding tert-OH is 1. The van der Waals surface area contributed by atoms with Gasteiger partial charge in [-0.3, -0.25) is 0 Å². The van der Waals surface area contributed by atoms with Crippen LogP contribution in [0.5, 0.6) is 0 Å². The number of carbonyl (C=O) groups is 1. The van der Waals surface area contributed by atoms with Gasteiger partial charge < -0.3 is 15.9 Å². The smallest absolute Gasteiger partial charge is 0.337 e. The molecular formula is C12H18N2O5S. The summed E-state index contributed by atoms with van der Waals surface area (Å²) in [5.74, 6) is -1.35. The maximum atomic E-state index is 12.5. The standard InChI is InChI=1S/C12H18N2O5S/c1-8(2)14(5-6-15)20(18,19)11-7-9(13)3-4-10(11)12(16)17/h3-4,7-8,15H,5-6,13H2,1-2H3,(H,16,17). The van der Waals surface area contributed by atoms with Crippen molar-refractivity contribution in [2.45, 2.75) is 24.8 Å². The first-order valence-corrected chi connectivity index (χ1v) is 7.41. The zero-order valence-corrected chi connectivity index (χ0v) is 12.1. The van der Waals surface area contributed by atoms with Crippen molar-refractivity contribution >= 4 is 21.7 Å². The monoisotopic (exact) mass is 302 g/mol. The van der Waals surface area contributed by atoms with E-state index in [-0.39, 0.29) is 29.3 Å². The third-order valence-electron chi connectivity index (χ3n) is 2.72. The van der Waals surface area contributed by atoms with Crippen LogP contribution in [0.25, 0.3) is 0 Å². The number of rotatable bonds is 6. The summed E-state index contributed by atoms with van der Waals surface area (Å²) in [6, 6.07) is 3.18. The van der Waals surface area contributed by atoms with Gasteiger partial charge in [0.05, 0.1) is 17.1 Å². The van der Waals surface area contributed by atoms with Crippen molar-refractivity contribution in [2.75, 3.05) is 18.9 Å². The Balaban J connectivity index is 3.47. The molecule has 0 unspecified atom stereocenters. The summed E-state index contributed by atoms with van der Waals surface area (Å²) in [4.78, 5) is 10.8. The number of anilines is 1. The van der Waals surface area contributed by atoms with Gasteiger partial charge in [-0.15, -0.1) is 0 Å². The van der Waals surface area contributed by atoms with E-state index in [4.69, 9.17) is 15.9 Å². The first-order valence-electron chi connectivity index (χ1n) is 5.97. The molecule has 4 N–H and O–H groups in total. The lowest BCUT2D eigenvalue weighted by atomic mass is 10.2. The average molecular weight is 302 g/mol. The molecule has 1 aromatic rings. The molecule has 1 rings (SSSR count). The summed E-state index contributed by atoms with van der Waals surface area (Å²) in [5, 5.41) is 18.1. The number of carboxylic acid groups (broad SMARTS) is 1. The highest BCUT2D eigenvalue weighted by molar-refractivity contribution is 7.89. The van der Waals surface area contributed by atoms with Crippen LogP contribution in [-0.4, -0.2) is 48.1 Å². The molecule has 0 radical (unpaired) electrons. The number of nitrogens with two attached hydrogens (primary N) is 1. The Hall–Kier alpha value is -1.64. The number of aromatic carboxylic acids is 1. The summed E-state index contributed by atoms with van der Waals surface area (Å²) in [7, 11) is -4.05. The van der Waals surface area contributed by atoms with Crippen LogP contribution in [0.2, 0.25) is 0 Å². The fraction of sp³-hybridized carbons (Fsp3) is 0.417. The zero-order valence-electron chi connectivity index (χ0n) is 11.3. The number of hydrogen-bond donors (Lipinski definition) is 3. The van der Waals surface area contributed by atoms with Crippen molar-refractivity contribution in [3.05, 3.63) is 23.8 Å². The van der Waals surface area contributed by atoms with E-state index in [0.717, 1.165) is 16.4 Å². The highest BCUT2D eigenvalue weighted by Gasteiger charge is 2.30. The van der Waals surface area contributed by atoms with Gasteiger partial charge in [0.15, 0.2) is 0 Å². The van der Waals surface area contributed by atoms with E-state index < -0.39 is 22.0 Å². The molecule has 112 valence electrons. The summed E-state index contributed by atoms with van der Waals surface area (Å²) >= 11 is 0. The molecule has 20 heavy (non-hydrogen) atoms. The van der Waals surface area contributed by atoms with Gasteiger partial charge >= 0.3 is 5.97 Å². The third-order valence-corrected chi connectivity index (χ3v) is 4.83. The van der Waals surface area contributed by atoms with Crippen molar-refractivity contribution in [3.8, 4) is 0 Å². The third kappa shape index (κ3) is 3.27. The minimum atomic E-state index is -4.05. The topological polar surface area (TPSA) is 121 Å². The van der Waals surface area contributed by atoms with Gasteiger partial charge in [0.2, 0.25) is 10.0 Å². The van der Waals surface area contributed by atoms with Crippen molar-refractivity contribution in [3.63, 3.8) is 0 Å². The SMILES string of the molecule is CC(C)N(CCO)S(=O)(=O)c1cc(N)ccc1C(=O)O. The first-order chi connectivity index (χ1) is 9.21. The van der Waals surface area contributed by atoms with Crippen LogP contribution in [0.1, 0.15) is 24.2 Å². The molecule has 0 heterocycles. The normalized spacial score (nSPS) is 12.1. The molecule has 0 amide bonds. The summed E-state index contributed by atoms with van der Waals surface area (Å²) in [6.45, 7) is 2.80. The molecule has 0 bridgehead atoms. The van der Waals surface area contributed by atoms with Crippen molar-refractivity contribution in [2.24, 2.45) is 0 Å². The van der Waals surface area contributed by atoms with E-state index in [0.29, 0.717) is 0 Å². The van der Waals surface area contributed by atoms with E-state index in [1.807, 2.05) is 0 Å². The number of benzene rings is 1. The van der Waals surface area contributed by atoms with Crippen molar-refractivity contribution < 1.29 is 23.4 Å². The van der Waals surface area contributed by atoms with E-state index in [2.05, 4.69) is 0 Å². The van der Waals surface area contributed by atoms with E-state index >= 15 is 0 Å². The van der Waals surface area contributed by atoms with E-state index in [9.17, 15) is 13.2 Å². The second kappa shape index (κ2) is 6.21. The Bertz CT molecular complexity index is 598. The molecule has 0 aliphatic carbocycles. The second-order valence-electron chi connectivity index (χ2n) is 4.49. The summed E-state index contributed by atoms with van der Waals surface area (Å²) in [5.41, 5.74) is 5.36. The van der Waals surface area contributed by atoms with Crippen LogP contribution in [0.3, 0.4) is 0 Å². The maximum Gasteiger partial charge on any atom is 0.337 e. The highest BCUT2D eigenvalue weighted by Crippen LogP contribution is 2.24. The van der Waals surface area contributed by atoms with Gasteiger partial charge in [-0.1, -0.05) is 0 Å². The van der Waals surface area contributed by atoms with Crippen molar-refractivity contribution in [1.82, 2.24) is 4.31 Å². The van der Waals surface area contributed by atoms with Crippen LogP contribution in [0.15, 0.2) is 23.1 Å². The van der Waals surface area contributed by atoms with E-state index in [1.54, 1.807) is 13.8 Å².